The van der Waals surface area contributed by atoms with E-state index < -0.39 is 5.82 Å². The number of halogens is 1. The van der Waals surface area contributed by atoms with Crippen molar-refractivity contribution in [1.29, 1.82) is 0 Å². The highest BCUT2D eigenvalue weighted by Crippen LogP contribution is 2.13. The second-order valence-electron chi connectivity index (χ2n) is 4.22. The Morgan fingerprint density at radius 3 is 2.42 bits per heavy atom. The molecule has 0 fully saturated rings. The van der Waals surface area contributed by atoms with Crippen LogP contribution >= 0.6 is 0 Å². The molecule has 1 amide bonds. The summed E-state index contributed by atoms with van der Waals surface area (Å²) in [5.41, 5.74) is 1.14. The number of hydrogen-bond acceptors (Lipinski definition) is 2. The normalized spacial score (nSPS) is 10.0. The molecule has 0 aliphatic heterocycles. The molecular formula is C15H15FN2O. The monoisotopic (exact) mass is 258 g/mol. The molecule has 3 nitrogen and oxygen atoms in total. The van der Waals surface area contributed by atoms with Crippen molar-refractivity contribution >= 4 is 17.3 Å². The highest BCUT2D eigenvalue weighted by molar-refractivity contribution is 5.94. The Morgan fingerprint density at radius 1 is 1.11 bits per heavy atom. The van der Waals surface area contributed by atoms with Gasteiger partial charge in [0.2, 0.25) is 5.91 Å². The fraction of sp³-hybridized carbons (Fsp3) is 0.133. The number of benzene rings is 2. The van der Waals surface area contributed by atoms with Crippen molar-refractivity contribution in [3.05, 3.63) is 60.4 Å². The summed E-state index contributed by atoms with van der Waals surface area (Å²) in [6, 6.07) is 15.7. The highest BCUT2D eigenvalue weighted by Gasteiger charge is 2.09. The number of amides is 1. The number of likely N-dealkylation sites (N-methyl/N-ethyl adjacent to an activating group) is 1. The van der Waals surface area contributed by atoms with E-state index in [1.165, 1.54) is 12.1 Å². The van der Waals surface area contributed by atoms with Crippen LogP contribution in [0.5, 0.6) is 0 Å². The molecule has 1 N–H and O–H groups in total. The molecule has 98 valence electrons. The SMILES string of the molecule is CN(CC(=O)Nc1ccccc1F)c1ccccc1. The molecule has 4 heteroatoms. The van der Waals surface area contributed by atoms with Gasteiger partial charge in [0.25, 0.3) is 0 Å². The number of anilines is 2. The summed E-state index contributed by atoms with van der Waals surface area (Å²) in [5, 5.41) is 2.56. The predicted molar refractivity (Wildman–Crippen MR) is 74.7 cm³/mol. The Bertz CT molecular complexity index is 557. The first-order chi connectivity index (χ1) is 9.16. The molecule has 0 bridgehead atoms. The number of carbonyl (C=O) groups excluding carboxylic acids is 1. The molecule has 2 rings (SSSR count). The van der Waals surface area contributed by atoms with E-state index in [9.17, 15) is 9.18 Å². The van der Waals surface area contributed by atoms with E-state index in [0.29, 0.717) is 0 Å². The zero-order valence-corrected chi connectivity index (χ0v) is 10.6. The first-order valence-corrected chi connectivity index (χ1v) is 5.97. The summed E-state index contributed by atoms with van der Waals surface area (Å²) in [4.78, 5) is 13.6. The minimum Gasteiger partial charge on any atom is -0.365 e. The van der Waals surface area contributed by atoms with Gasteiger partial charge in [0, 0.05) is 12.7 Å². The summed E-state index contributed by atoms with van der Waals surface area (Å²) < 4.78 is 13.4. The van der Waals surface area contributed by atoms with Gasteiger partial charge in [-0.25, -0.2) is 4.39 Å². The molecule has 19 heavy (non-hydrogen) atoms. The predicted octanol–water partition coefficient (Wildman–Crippen LogP) is 2.90. The Balaban J connectivity index is 1.97. The molecule has 2 aromatic carbocycles. The molecule has 0 radical (unpaired) electrons. The van der Waals surface area contributed by atoms with Gasteiger partial charge in [0.15, 0.2) is 0 Å². The highest BCUT2D eigenvalue weighted by atomic mass is 19.1. The van der Waals surface area contributed by atoms with Crippen molar-refractivity contribution < 1.29 is 9.18 Å². The number of carbonyl (C=O) groups is 1. The van der Waals surface area contributed by atoms with E-state index in [-0.39, 0.29) is 18.1 Å². The van der Waals surface area contributed by atoms with Crippen LogP contribution in [0.2, 0.25) is 0 Å². The summed E-state index contributed by atoms with van der Waals surface area (Å²) >= 11 is 0. The smallest absolute Gasteiger partial charge is 0.243 e. The zero-order chi connectivity index (χ0) is 13.7. The third-order valence-electron chi connectivity index (χ3n) is 2.73. The molecule has 0 aromatic heterocycles. The minimum absolute atomic E-state index is 0.165. The largest absolute Gasteiger partial charge is 0.365 e. The quantitative estimate of drug-likeness (QED) is 0.914. The Labute approximate surface area is 111 Å². The van der Waals surface area contributed by atoms with Crippen LogP contribution < -0.4 is 10.2 Å². The molecule has 2 aromatic rings. The van der Waals surface area contributed by atoms with Crippen molar-refractivity contribution in [3.63, 3.8) is 0 Å². The molecule has 0 saturated carbocycles. The van der Waals surface area contributed by atoms with E-state index in [1.54, 1.807) is 17.0 Å². The lowest BCUT2D eigenvalue weighted by atomic mass is 10.3. The first-order valence-electron chi connectivity index (χ1n) is 5.97. The van der Waals surface area contributed by atoms with Crippen LogP contribution in [0.15, 0.2) is 54.6 Å². The maximum absolute atomic E-state index is 13.4. The first kappa shape index (κ1) is 13.1. The molecule has 0 aliphatic carbocycles. The lowest BCUT2D eigenvalue weighted by molar-refractivity contribution is -0.114. The van der Waals surface area contributed by atoms with Crippen LogP contribution in [-0.4, -0.2) is 19.5 Å². The van der Waals surface area contributed by atoms with Crippen LogP contribution in [0.1, 0.15) is 0 Å². The lowest BCUT2D eigenvalue weighted by Crippen LogP contribution is -2.30. The van der Waals surface area contributed by atoms with E-state index in [1.807, 2.05) is 37.4 Å². The number of hydrogen-bond donors (Lipinski definition) is 1. The van der Waals surface area contributed by atoms with Gasteiger partial charge in [0.1, 0.15) is 5.82 Å². The van der Waals surface area contributed by atoms with Crippen molar-refractivity contribution in [1.82, 2.24) is 0 Å². The van der Waals surface area contributed by atoms with Crippen LogP contribution in [0.3, 0.4) is 0 Å². The van der Waals surface area contributed by atoms with Gasteiger partial charge >= 0.3 is 0 Å². The summed E-state index contributed by atoms with van der Waals surface area (Å²) in [6.07, 6.45) is 0. The van der Waals surface area contributed by atoms with Crippen LogP contribution in [0, 0.1) is 5.82 Å². The van der Waals surface area contributed by atoms with Gasteiger partial charge in [-0.2, -0.15) is 0 Å². The Kier molecular flexibility index (Phi) is 4.13. The molecule has 0 spiro atoms. The lowest BCUT2D eigenvalue weighted by Gasteiger charge is -2.18. The Hall–Kier alpha value is -2.36. The maximum Gasteiger partial charge on any atom is 0.243 e. The van der Waals surface area contributed by atoms with Crippen molar-refractivity contribution in [3.8, 4) is 0 Å². The van der Waals surface area contributed by atoms with Crippen LogP contribution in [-0.2, 0) is 4.79 Å². The van der Waals surface area contributed by atoms with Gasteiger partial charge in [-0.15, -0.1) is 0 Å². The average Bonchev–Trinajstić information content (AvgIpc) is 2.42. The fourth-order valence-corrected chi connectivity index (χ4v) is 1.74. The van der Waals surface area contributed by atoms with E-state index in [4.69, 9.17) is 0 Å². The second kappa shape index (κ2) is 6.00. The molecule has 0 saturated heterocycles. The molecule has 0 heterocycles. The van der Waals surface area contributed by atoms with Gasteiger partial charge in [-0.05, 0) is 24.3 Å². The zero-order valence-electron chi connectivity index (χ0n) is 10.6. The summed E-state index contributed by atoms with van der Waals surface area (Å²) in [5.74, 6) is -0.685. The average molecular weight is 258 g/mol. The molecule has 0 atom stereocenters. The third-order valence-corrected chi connectivity index (χ3v) is 2.73. The van der Waals surface area contributed by atoms with Crippen molar-refractivity contribution in [2.24, 2.45) is 0 Å². The fourth-order valence-electron chi connectivity index (χ4n) is 1.74. The topological polar surface area (TPSA) is 32.3 Å². The van der Waals surface area contributed by atoms with Gasteiger partial charge in [-0.3, -0.25) is 4.79 Å². The minimum atomic E-state index is -0.432. The van der Waals surface area contributed by atoms with Gasteiger partial charge in [-0.1, -0.05) is 30.3 Å². The van der Waals surface area contributed by atoms with Crippen LogP contribution in [0.25, 0.3) is 0 Å². The van der Waals surface area contributed by atoms with Gasteiger partial charge in [0.05, 0.1) is 12.2 Å². The molecule has 0 aliphatic rings. The van der Waals surface area contributed by atoms with Crippen molar-refractivity contribution in [2.45, 2.75) is 0 Å². The van der Waals surface area contributed by atoms with Crippen LogP contribution in [0.4, 0.5) is 15.8 Å². The van der Waals surface area contributed by atoms with E-state index in [2.05, 4.69) is 5.32 Å². The second-order valence-corrected chi connectivity index (χ2v) is 4.22. The number of rotatable bonds is 4. The number of para-hydroxylation sites is 2. The molecule has 0 unspecified atom stereocenters. The van der Waals surface area contributed by atoms with E-state index in [0.717, 1.165) is 5.69 Å². The molecular weight excluding hydrogens is 243 g/mol. The van der Waals surface area contributed by atoms with Gasteiger partial charge < -0.3 is 10.2 Å². The summed E-state index contributed by atoms with van der Waals surface area (Å²) in [6.45, 7) is 0.165. The third kappa shape index (κ3) is 3.55. The maximum atomic E-state index is 13.4. The Morgan fingerprint density at radius 2 is 1.74 bits per heavy atom. The number of nitrogens with zero attached hydrogens (tertiary/aromatic N) is 1. The number of nitrogens with one attached hydrogen (secondary N) is 1. The standard InChI is InChI=1S/C15H15FN2O/c1-18(12-7-3-2-4-8-12)11-15(19)17-14-10-6-5-9-13(14)16/h2-10H,11H2,1H3,(H,17,19). The van der Waals surface area contributed by atoms with E-state index >= 15 is 0 Å². The summed E-state index contributed by atoms with van der Waals surface area (Å²) in [7, 11) is 1.82. The van der Waals surface area contributed by atoms with Crippen molar-refractivity contribution in [2.75, 3.05) is 23.8 Å².